The van der Waals surface area contributed by atoms with E-state index in [1.165, 1.54) is 15.3 Å². The molecule has 5 aromatic rings. The van der Waals surface area contributed by atoms with Gasteiger partial charge in [-0.15, -0.1) is 11.3 Å². The lowest BCUT2D eigenvalue weighted by Gasteiger charge is -2.36. The lowest BCUT2D eigenvalue weighted by Crippen LogP contribution is -2.49. The number of aryl methyl sites for hydroxylation is 1. The number of hydrogen-bond acceptors (Lipinski definition) is 11. The Bertz CT molecular complexity index is 2820. The number of aromatic nitrogens is 2. The number of hydrogen-bond donors (Lipinski definition) is 2. The number of anilines is 2. The SMILES string of the molecule is COc1cc2nc(C)nc(N[C@H](C)c3cc(-c4c(Cl)cccc4CN(C)C)cs3)c2cc1C1CCC(C(=O)N2CCC(OCCCC3CCN(C(=O)c4ccc(Cl)c(N5CCC(=O)NC5=O)c4)CC3)CC2)CC1. The number of fused-ring (bicyclic) bond motifs is 1. The molecule has 0 unspecified atom stereocenters. The van der Waals surface area contributed by atoms with E-state index in [2.05, 4.69) is 65.0 Å². The van der Waals surface area contributed by atoms with Crippen LogP contribution in [0.4, 0.5) is 16.3 Å². The number of carbonyl (C=O) groups is 4. The van der Waals surface area contributed by atoms with E-state index in [1.807, 2.05) is 30.0 Å². The molecule has 2 N–H and O–H groups in total. The van der Waals surface area contributed by atoms with Crippen molar-refractivity contribution in [1.82, 2.24) is 30.0 Å². The number of piperidine rings is 2. The van der Waals surface area contributed by atoms with Crippen molar-refractivity contribution >= 4 is 80.7 Å². The molecule has 5 amide bonds. The third-order valence-corrected chi connectivity index (χ3v) is 17.0. The summed E-state index contributed by atoms with van der Waals surface area (Å²) in [5, 5.41) is 10.3. The summed E-state index contributed by atoms with van der Waals surface area (Å²) in [4.78, 5) is 70.0. The molecule has 4 fully saturated rings. The van der Waals surface area contributed by atoms with Crippen molar-refractivity contribution in [3.8, 4) is 16.9 Å². The Morgan fingerprint density at radius 2 is 1.66 bits per heavy atom. The molecule has 1 atom stereocenters. The Morgan fingerprint density at radius 1 is 0.904 bits per heavy atom. The third-order valence-electron chi connectivity index (χ3n) is 15.3. The summed E-state index contributed by atoms with van der Waals surface area (Å²) < 4.78 is 12.4. The maximum atomic E-state index is 13.9. The highest BCUT2D eigenvalue weighted by Crippen LogP contribution is 2.44. The van der Waals surface area contributed by atoms with Gasteiger partial charge in [-0.25, -0.2) is 14.8 Å². The first kappa shape index (κ1) is 52.5. The lowest BCUT2D eigenvalue weighted by molar-refractivity contribution is -0.139. The molecule has 17 heteroatoms. The van der Waals surface area contributed by atoms with Crippen LogP contribution in [0.15, 0.2) is 60.0 Å². The van der Waals surface area contributed by atoms with Crippen LogP contribution in [-0.2, 0) is 20.9 Å². The number of thiophene rings is 1. The van der Waals surface area contributed by atoms with Gasteiger partial charge in [-0.3, -0.25) is 24.6 Å². The first-order valence-corrected chi connectivity index (χ1v) is 27.6. The number of rotatable bonds is 16. The Morgan fingerprint density at radius 3 is 2.38 bits per heavy atom. The molecule has 73 heavy (non-hydrogen) atoms. The number of nitrogens with zero attached hydrogens (tertiary/aromatic N) is 6. The van der Waals surface area contributed by atoms with Crippen molar-refractivity contribution in [1.29, 1.82) is 0 Å². The van der Waals surface area contributed by atoms with Gasteiger partial charge in [0.15, 0.2) is 0 Å². The number of benzene rings is 3. The Balaban J connectivity index is 0.720. The van der Waals surface area contributed by atoms with Gasteiger partial charge in [-0.1, -0.05) is 35.3 Å². The summed E-state index contributed by atoms with van der Waals surface area (Å²) in [5.41, 5.74) is 6.27. The first-order valence-electron chi connectivity index (χ1n) is 26.0. The van der Waals surface area contributed by atoms with E-state index in [0.717, 1.165) is 128 Å². The summed E-state index contributed by atoms with van der Waals surface area (Å²) >= 11 is 14.9. The van der Waals surface area contributed by atoms with Crippen molar-refractivity contribution in [2.24, 2.45) is 11.8 Å². The van der Waals surface area contributed by atoms with Gasteiger partial charge in [-0.2, -0.15) is 0 Å². The molecule has 14 nitrogen and oxygen atoms in total. The van der Waals surface area contributed by atoms with Crippen LogP contribution in [0, 0.1) is 18.8 Å². The molecule has 4 aliphatic rings. The van der Waals surface area contributed by atoms with Gasteiger partial charge in [0.25, 0.3) is 5.91 Å². The molecular weight excluding hydrogens is 984 g/mol. The summed E-state index contributed by atoms with van der Waals surface area (Å²) in [6.45, 7) is 8.60. The minimum Gasteiger partial charge on any atom is -0.496 e. The number of urea groups is 1. The van der Waals surface area contributed by atoms with Crippen LogP contribution in [0.3, 0.4) is 0 Å². The minimum atomic E-state index is -0.534. The predicted molar refractivity (Wildman–Crippen MR) is 290 cm³/mol. The first-order chi connectivity index (χ1) is 35.2. The predicted octanol–water partition coefficient (Wildman–Crippen LogP) is 11.3. The summed E-state index contributed by atoms with van der Waals surface area (Å²) in [7, 11) is 5.86. The van der Waals surface area contributed by atoms with Crippen molar-refractivity contribution in [3.63, 3.8) is 0 Å². The molecule has 1 saturated carbocycles. The van der Waals surface area contributed by atoms with Crippen molar-refractivity contribution in [2.75, 3.05) is 70.8 Å². The van der Waals surface area contributed by atoms with Crippen molar-refractivity contribution < 1.29 is 28.7 Å². The average Bonchev–Trinajstić information content (AvgIpc) is 3.88. The molecule has 3 saturated heterocycles. The minimum absolute atomic E-state index is 0.0186. The molecule has 3 aromatic carbocycles. The van der Waals surface area contributed by atoms with Gasteiger partial charge >= 0.3 is 6.03 Å². The second kappa shape index (κ2) is 23.5. The van der Waals surface area contributed by atoms with Gasteiger partial charge < -0.3 is 29.5 Å². The van der Waals surface area contributed by atoms with Gasteiger partial charge in [-0.05, 0) is 162 Å². The summed E-state index contributed by atoms with van der Waals surface area (Å²) in [5.74, 6) is 2.98. The standard InChI is InChI=1S/C56H68Cl2N8O6S/c1-34(50-29-41(33-73-50)52-40(32-63(3)4)9-6-10-46(52)58)59-53-44-30-43(49(71-5)31-47(44)60-35(2)61-53)37-11-13-38(14-12-37)54(68)65-24-19-42(20-25-65)72-27-7-8-36-17-22-64(23-18-36)55(69)39-15-16-45(57)48(28-39)66-26-21-51(67)62-56(66)70/h6,9-10,15-16,28-31,33-34,36-38,42H,7-8,11-14,17-27,32H2,1-5H3,(H,59,60,61)(H,62,67,70)/t34-,37?,38?/m1/s1. The van der Waals surface area contributed by atoms with Crippen molar-refractivity contribution in [3.05, 3.63) is 97.4 Å². The molecule has 2 aromatic heterocycles. The topological polar surface area (TPSA) is 150 Å². The van der Waals surface area contributed by atoms with E-state index >= 15 is 0 Å². The van der Waals surface area contributed by atoms with E-state index in [1.54, 1.807) is 36.6 Å². The number of methoxy groups -OCH3 is 1. The van der Waals surface area contributed by atoms with Gasteiger partial charge in [0.05, 0.1) is 35.5 Å². The largest absolute Gasteiger partial charge is 0.496 e. The number of carbonyl (C=O) groups excluding carboxylic acids is 4. The summed E-state index contributed by atoms with van der Waals surface area (Å²) in [6.07, 6.45) is 9.40. The highest BCUT2D eigenvalue weighted by atomic mass is 35.5. The van der Waals surface area contributed by atoms with E-state index in [0.29, 0.717) is 47.7 Å². The lowest BCUT2D eigenvalue weighted by atomic mass is 9.77. The number of amides is 5. The molecular formula is C56H68Cl2N8O6S. The summed E-state index contributed by atoms with van der Waals surface area (Å²) in [6, 6.07) is 17.1. The molecule has 5 heterocycles. The number of likely N-dealkylation sites (tertiary alicyclic amines) is 2. The van der Waals surface area contributed by atoms with Crippen molar-refractivity contribution in [2.45, 2.75) is 109 Å². The Hall–Kier alpha value is -5.32. The number of halogens is 2. The zero-order valence-electron chi connectivity index (χ0n) is 42.7. The fraction of sp³-hybridized carbons (Fsp3) is 0.500. The van der Waals surface area contributed by atoms with Crippen LogP contribution in [-0.4, -0.2) is 115 Å². The Labute approximate surface area is 443 Å². The second-order valence-corrected chi connectivity index (χ2v) is 22.3. The molecule has 0 spiro atoms. The quantitative estimate of drug-likeness (QED) is 0.0915. The van der Waals surface area contributed by atoms with E-state index in [9.17, 15) is 19.2 Å². The third kappa shape index (κ3) is 12.3. The van der Waals surface area contributed by atoms with Gasteiger partial charge in [0.2, 0.25) is 11.8 Å². The Kier molecular flexibility index (Phi) is 16.9. The van der Waals surface area contributed by atoms with Gasteiger partial charge in [0.1, 0.15) is 17.4 Å². The molecule has 388 valence electrons. The van der Waals surface area contributed by atoms with Crippen LogP contribution in [0.25, 0.3) is 22.0 Å². The maximum Gasteiger partial charge on any atom is 0.328 e. The highest BCUT2D eigenvalue weighted by Gasteiger charge is 2.34. The van der Waals surface area contributed by atoms with Crippen LogP contribution < -0.4 is 20.3 Å². The van der Waals surface area contributed by atoms with Gasteiger partial charge in [0, 0.05) is 90.7 Å². The fourth-order valence-electron chi connectivity index (χ4n) is 11.3. The number of nitrogens with one attached hydrogen (secondary N) is 2. The smallest absolute Gasteiger partial charge is 0.328 e. The highest BCUT2D eigenvalue weighted by molar-refractivity contribution is 7.10. The van der Waals surface area contributed by atoms with E-state index < -0.39 is 6.03 Å². The fourth-order valence-corrected chi connectivity index (χ4v) is 12.7. The van der Waals surface area contributed by atoms with Crippen LogP contribution in [0.2, 0.25) is 10.0 Å². The second-order valence-electron chi connectivity index (χ2n) is 20.6. The van der Waals surface area contributed by atoms with E-state index in [-0.39, 0.29) is 54.7 Å². The maximum absolute atomic E-state index is 13.9. The monoisotopic (exact) mass is 1050 g/mol. The normalized spacial score (nSPS) is 19.6. The van der Waals surface area contributed by atoms with Crippen LogP contribution in [0.5, 0.6) is 5.75 Å². The molecule has 9 rings (SSSR count). The zero-order chi connectivity index (χ0) is 51.3. The van der Waals surface area contributed by atoms with Crippen LogP contribution >= 0.6 is 34.5 Å². The average molecular weight is 1050 g/mol. The van der Waals surface area contributed by atoms with Crippen LogP contribution in [0.1, 0.15) is 122 Å². The number of imide groups is 1. The molecule has 0 bridgehead atoms. The molecule has 0 radical (unpaired) electrons. The molecule has 3 aliphatic heterocycles. The van der Waals surface area contributed by atoms with E-state index in [4.69, 9.17) is 42.6 Å². The zero-order valence-corrected chi connectivity index (χ0v) is 45.0. The molecule has 1 aliphatic carbocycles. The number of ether oxygens (including phenoxy) is 2.